The van der Waals surface area contributed by atoms with Gasteiger partial charge in [-0.2, -0.15) is 0 Å². The van der Waals surface area contributed by atoms with E-state index in [1.165, 1.54) is 19.3 Å². The molecule has 0 aromatic carbocycles. The molecule has 0 radical (unpaired) electrons. The minimum atomic E-state index is -3.06. The van der Waals surface area contributed by atoms with Crippen molar-refractivity contribution < 1.29 is 22.7 Å². The van der Waals surface area contributed by atoms with Gasteiger partial charge in [-0.3, -0.25) is 9.59 Å². The van der Waals surface area contributed by atoms with E-state index in [9.17, 15) is 18.0 Å². The molecule has 1 unspecified atom stereocenters. The molecule has 1 saturated heterocycles. The molecule has 1 atom stereocenters. The maximum Gasteiger partial charge on any atom is 0.312 e. The second-order valence-corrected chi connectivity index (χ2v) is 12.0. The van der Waals surface area contributed by atoms with E-state index in [1.807, 2.05) is 6.92 Å². The second kappa shape index (κ2) is 7.62. The molecule has 28 heavy (non-hydrogen) atoms. The smallest absolute Gasteiger partial charge is 0.312 e. The number of carbonyl (C=O) groups is 2. The lowest BCUT2D eigenvalue weighted by Gasteiger charge is -2.55. The van der Waals surface area contributed by atoms with Crippen LogP contribution in [0.15, 0.2) is 0 Å². The molecular formula is C21H33NO5S. The highest BCUT2D eigenvalue weighted by molar-refractivity contribution is 7.91. The Labute approximate surface area is 168 Å². The first-order valence-electron chi connectivity index (χ1n) is 11.0. The number of amides is 1. The summed E-state index contributed by atoms with van der Waals surface area (Å²) >= 11 is 0. The van der Waals surface area contributed by atoms with Crippen molar-refractivity contribution in [3.8, 4) is 0 Å². The van der Waals surface area contributed by atoms with Crippen molar-refractivity contribution in [1.82, 2.24) is 4.90 Å². The van der Waals surface area contributed by atoms with Gasteiger partial charge >= 0.3 is 5.97 Å². The average molecular weight is 412 g/mol. The maximum atomic E-state index is 13.0. The molecule has 5 aliphatic rings. The summed E-state index contributed by atoms with van der Waals surface area (Å²) in [5, 5.41) is 0. The summed E-state index contributed by atoms with van der Waals surface area (Å²) < 4.78 is 29.3. The highest BCUT2D eigenvalue weighted by Crippen LogP contribution is 2.60. The molecule has 7 heteroatoms. The number of nitrogens with zero attached hydrogens (tertiary/aromatic N) is 1. The molecule has 5 fully saturated rings. The van der Waals surface area contributed by atoms with Crippen LogP contribution in [0.1, 0.15) is 64.7 Å². The zero-order valence-corrected chi connectivity index (χ0v) is 17.7. The number of ether oxygens (including phenoxy) is 1. The molecule has 1 heterocycles. The summed E-state index contributed by atoms with van der Waals surface area (Å²) in [7, 11) is -3.06. The van der Waals surface area contributed by atoms with Crippen molar-refractivity contribution in [3.05, 3.63) is 0 Å². The van der Waals surface area contributed by atoms with Crippen molar-refractivity contribution in [2.45, 2.75) is 70.8 Å². The highest BCUT2D eigenvalue weighted by Gasteiger charge is 2.55. The van der Waals surface area contributed by atoms with E-state index in [4.69, 9.17) is 4.74 Å². The number of rotatable bonds is 7. The molecule has 1 aliphatic heterocycles. The van der Waals surface area contributed by atoms with Crippen molar-refractivity contribution in [1.29, 1.82) is 0 Å². The third kappa shape index (κ3) is 3.96. The summed E-state index contributed by atoms with van der Waals surface area (Å²) in [5.41, 5.74) is -0.361. The fraction of sp³-hybridized carbons (Fsp3) is 0.905. The standard InChI is InChI=1S/C21H33NO5S/c1-2-3-5-22(18-4-6-28(25,26)14-18)19(23)13-27-20(24)21-10-15-7-16(11-21)9-17(8-15)12-21/h15-18H,2-14H2,1H3. The first kappa shape index (κ1) is 20.2. The van der Waals surface area contributed by atoms with Crippen LogP contribution in [0.3, 0.4) is 0 Å². The average Bonchev–Trinajstić information content (AvgIpc) is 2.98. The highest BCUT2D eigenvalue weighted by atomic mass is 32.2. The second-order valence-electron chi connectivity index (χ2n) is 9.77. The number of esters is 1. The molecule has 1 amide bonds. The van der Waals surface area contributed by atoms with E-state index in [0.29, 0.717) is 30.7 Å². The van der Waals surface area contributed by atoms with E-state index in [-0.39, 0.29) is 41.4 Å². The van der Waals surface area contributed by atoms with E-state index in [0.717, 1.165) is 32.1 Å². The van der Waals surface area contributed by atoms with Crippen molar-refractivity contribution in [2.75, 3.05) is 24.7 Å². The van der Waals surface area contributed by atoms with Gasteiger partial charge in [-0.15, -0.1) is 0 Å². The van der Waals surface area contributed by atoms with Gasteiger partial charge in [0.2, 0.25) is 0 Å². The van der Waals surface area contributed by atoms with Crippen LogP contribution >= 0.6 is 0 Å². The Hall–Kier alpha value is -1.11. The quantitative estimate of drug-likeness (QED) is 0.602. The maximum absolute atomic E-state index is 13.0. The van der Waals surface area contributed by atoms with Crippen LogP contribution in [0.2, 0.25) is 0 Å². The Kier molecular flexibility index (Phi) is 5.49. The summed E-state index contributed by atoms with van der Waals surface area (Å²) in [6, 6.07) is -0.276. The van der Waals surface area contributed by atoms with Gasteiger partial charge in [-0.1, -0.05) is 13.3 Å². The molecular weight excluding hydrogens is 378 g/mol. The topological polar surface area (TPSA) is 80.8 Å². The van der Waals surface area contributed by atoms with Crippen molar-refractivity contribution in [3.63, 3.8) is 0 Å². The molecule has 4 saturated carbocycles. The van der Waals surface area contributed by atoms with Crippen LogP contribution in [0, 0.1) is 23.2 Å². The lowest BCUT2D eigenvalue weighted by Crippen LogP contribution is -2.51. The summed E-state index contributed by atoms with van der Waals surface area (Å²) in [5.74, 6) is 1.70. The van der Waals surface area contributed by atoms with Crippen LogP contribution in [0.25, 0.3) is 0 Å². The van der Waals surface area contributed by atoms with Crippen LogP contribution in [0.4, 0.5) is 0 Å². The molecule has 0 aromatic heterocycles. The normalized spacial score (nSPS) is 37.8. The summed E-state index contributed by atoms with van der Waals surface area (Å²) in [6.45, 7) is 2.33. The number of carbonyl (C=O) groups excluding carboxylic acids is 2. The third-order valence-electron chi connectivity index (χ3n) is 7.52. The van der Waals surface area contributed by atoms with E-state index in [2.05, 4.69) is 0 Å². The van der Waals surface area contributed by atoms with E-state index in [1.54, 1.807) is 4.90 Å². The minimum Gasteiger partial charge on any atom is -0.455 e. The van der Waals surface area contributed by atoms with Crippen LogP contribution in [-0.2, 0) is 24.2 Å². The van der Waals surface area contributed by atoms with Gasteiger partial charge in [0.25, 0.3) is 5.91 Å². The van der Waals surface area contributed by atoms with Gasteiger partial charge in [0.15, 0.2) is 16.4 Å². The zero-order chi connectivity index (χ0) is 19.9. The third-order valence-corrected chi connectivity index (χ3v) is 9.27. The lowest BCUT2D eigenvalue weighted by molar-refractivity contribution is -0.174. The number of sulfone groups is 1. The van der Waals surface area contributed by atoms with Crippen LogP contribution < -0.4 is 0 Å². The van der Waals surface area contributed by atoms with E-state index >= 15 is 0 Å². The fourth-order valence-corrected chi connectivity index (χ4v) is 8.32. The van der Waals surface area contributed by atoms with E-state index < -0.39 is 9.84 Å². The van der Waals surface area contributed by atoms with Crippen LogP contribution in [-0.4, -0.2) is 55.9 Å². The first-order chi connectivity index (χ1) is 13.3. The Morgan fingerprint density at radius 1 is 1.07 bits per heavy atom. The molecule has 6 nitrogen and oxygen atoms in total. The molecule has 0 spiro atoms. The Morgan fingerprint density at radius 3 is 2.18 bits per heavy atom. The Balaban J connectivity index is 1.37. The van der Waals surface area contributed by atoms with Gasteiger partial charge in [0.1, 0.15) is 0 Å². The van der Waals surface area contributed by atoms with Gasteiger partial charge in [0.05, 0.1) is 16.9 Å². The number of hydrogen-bond donors (Lipinski definition) is 0. The van der Waals surface area contributed by atoms with Gasteiger partial charge in [0, 0.05) is 12.6 Å². The van der Waals surface area contributed by atoms with Crippen molar-refractivity contribution in [2.24, 2.45) is 23.2 Å². The lowest BCUT2D eigenvalue weighted by atomic mass is 9.49. The zero-order valence-electron chi connectivity index (χ0n) is 16.9. The molecule has 4 aliphatic carbocycles. The molecule has 4 bridgehead atoms. The number of unbranched alkanes of at least 4 members (excludes halogenated alkanes) is 1. The van der Waals surface area contributed by atoms with Crippen molar-refractivity contribution >= 4 is 21.7 Å². The molecule has 0 aromatic rings. The van der Waals surface area contributed by atoms with Gasteiger partial charge in [-0.25, -0.2) is 8.42 Å². The monoisotopic (exact) mass is 411 g/mol. The van der Waals surface area contributed by atoms with Gasteiger partial charge < -0.3 is 9.64 Å². The fourth-order valence-electron chi connectivity index (χ4n) is 6.58. The Bertz CT molecular complexity index is 696. The molecule has 158 valence electrons. The predicted octanol–water partition coefficient (Wildman–Crippen LogP) is 2.56. The minimum absolute atomic E-state index is 0.0331. The van der Waals surface area contributed by atoms with Crippen LogP contribution in [0.5, 0.6) is 0 Å². The Morgan fingerprint density at radius 2 is 1.68 bits per heavy atom. The number of hydrogen-bond acceptors (Lipinski definition) is 5. The SMILES string of the molecule is CCCCN(C(=O)COC(=O)C12CC3CC(CC(C3)C1)C2)C1CCS(=O)(=O)C1. The summed E-state index contributed by atoms with van der Waals surface area (Å²) in [6.07, 6.45) is 8.78. The summed E-state index contributed by atoms with van der Waals surface area (Å²) in [4.78, 5) is 27.5. The van der Waals surface area contributed by atoms with Gasteiger partial charge in [-0.05, 0) is 69.1 Å². The first-order valence-corrected chi connectivity index (χ1v) is 12.8. The predicted molar refractivity (Wildman–Crippen MR) is 105 cm³/mol. The molecule has 0 N–H and O–H groups in total. The largest absolute Gasteiger partial charge is 0.455 e. The molecule has 5 rings (SSSR count).